The van der Waals surface area contributed by atoms with E-state index >= 15 is 0 Å². The first-order valence-electron chi connectivity index (χ1n) is 7.09. The van der Waals surface area contributed by atoms with Gasteiger partial charge < -0.3 is 15.2 Å². The highest BCUT2D eigenvalue weighted by molar-refractivity contribution is 5.45. The van der Waals surface area contributed by atoms with Crippen molar-refractivity contribution in [2.24, 2.45) is 11.7 Å². The molecule has 3 rings (SSSR count). The first-order chi connectivity index (χ1) is 10.3. The van der Waals surface area contributed by atoms with Gasteiger partial charge in [0, 0.05) is 18.0 Å². The maximum absolute atomic E-state index is 6.27. The zero-order valence-electron chi connectivity index (χ0n) is 12.0. The van der Waals surface area contributed by atoms with Gasteiger partial charge in [0.25, 0.3) is 0 Å². The Morgan fingerprint density at radius 1 is 1.19 bits per heavy atom. The molecule has 1 heterocycles. The van der Waals surface area contributed by atoms with E-state index in [1.165, 1.54) is 19.2 Å². The fourth-order valence-electron chi connectivity index (χ4n) is 2.16. The minimum Gasteiger partial charge on any atom is -0.493 e. The highest BCUT2D eigenvalue weighted by atomic mass is 16.5. The number of nitrogens with zero attached hydrogens (tertiary/aromatic N) is 2. The highest BCUT2D eigenvalue weighted by Gasteiger charge is 2.23. The van der Waals surface area contributed by atoms with Gasteiger partial charge in [-0.05, 0) is 36.5 Å². The van der Waals surface area contributed by atoms with Crippen LogP contribution >= 0.6 is 0 Å². The Morgan fingerprint density at radius 3 is 2.62 bits per heavy atom. The molecule has 2 N–H and O–H groups in total. The smallest absolute Gasteiger partial charge is 0.161 e. The van der Waals surface area contributed by atoms with Crippen LogP contribution in [0.4, 0.5) is 0 Å². The average Bonchev–Trinajstić information content (AvgIpc) is 3.37. The van der Waals surface area contributed by atoms with Crippen LogP contribution < -0.4 is 15.2 Å². The van der Waals surface area contributed by atoms with Gasteiger partial charge in [0.2, 0.25) is 0 Å². The topological polar surface area (TPSA) is 70.3 Å². The van der Waals surface area contributed by atoms with E-state index in [-0.39, 0.29) is 6.04 Å². The largest absolute Gasteiger partial charge is 0.493 e. The van der Waals surface area contributed by atoms with Crippen molar-refractivity contribution in [1.29, 1.82) is 0 Å². The maximum atomic E-state index is 6.27. The van der Waals surface area contributed by atoms with Crippen molar-refractivity contribution < 1.29 is 9.47 Å². The molecule has 110 valence electrons. The van der Waals surface area contributed by atoms with Gasteiger partial charge >= 0.3 is 0 Å². The zero-order chi connectivity index (χ0) is 14.7. The first-order valence-corrected chi connectivity index (χ1v) is 7.09. The monoisotopic (exact) mass is 285 g/mol. The summed E-state index contributed by atoms with van der Waals surface area (Å²) in [5.41, 5.74) is 8.09. The minimum atomic E-state index is -0.277. The summed E-state index contributed by atoms with van der Waals surface area (Å²) >= 11 is 0. The van der Waals surface area contributed by atoms with Crippen molar-refractivity contribution >= 4 is 0 Å². The number of aromatic nitrogens is 2. The van der Waals surface area contributed by atoms with Crippen LogP contribution in [0.25, 0.3) is 0 Å². The molecule has 0 saturated heterocycles. The molecule has 1 unspecified atom stereocenters. The summed E-state index contributed by atoms with van der Waals surface area (Å²) in [7, 11) is 1.64. The lowest BCUT2D eigenvalue weighted by molar-refractivity contribution is 0.280. The van der Waals surface area contributed by atoms with E-state index in [1.54, 1.807) is 19.5 Å². The van der Waals surface area contributed by atoms with Crippen LogP contribution in [0.15, 0.2) is 36.9 Å². The molecule has 1 aromatic heterocycles. The molecule has 2 aromatic rings. The molecule has 0 aliphatic heterocycles. The van der Waals surface area contributed by atoms with Crippen molar-refractivity contribution in [3.8, 4) is 11.5 Å². The van der Waals surface area contributed by atoms with Crippen molar-refractivity contribution in [2.75, 3.05) is 13.7 Å². The van der Waals surface area contributed by atoms with Gasteiger partial charge in [0.1, 0.15) is 6.33 Å². The first kappa shape index (κ1) is 13.8. The van der Waals surface area contributed by atoms with E-state index in [0.29, 0.717) is 5.92 Å². The van der Waals surface area contributed by atoms with Crippen LogP contribution in [0.5, 0.6) is 11.5 Å². The van der Waals surface area contributed by atoms with Crippen molar-refractivity contribution in [3.63, 3.8) is 0 Å². The van der Waals surface area contributed by atoms with Crippen LogP contribution in [0, 0.1) is 5.92 Å². The van der Waals surface area contributed by atoms with Crippen LogP contribution in [-0.4, -0.2) is 23.7 Å². The molecule has 0 spiro atoms. The Kier molecular flexibility index (Phi) is 4.01. The van der Waals surface area contributed by atoms with Crippen LogP contribution in [-0.2, 0) is 0 Å². The second-order valence-corrected chi connectivity index (χ2v) is 5.31. The molecule has 1 aliphatic carbocycles. The van der Waals surface area contributed by atoms with E-state index in [4.69, 9.17) is 15.2 Å². The summed E-state index contributed by atoms with van der Waals surface area (Å²) in [6, 6.07) is 5.50. The van der Waals surface area contributed by atoms with Gasteiger partial charge in [0.05, 0.1) is 19.8 Å². The molecule has 0 radical (unpaired) electrons. The molecule has 1 saturated carbocycles. The Balaban J connectivity index is 1.82. The summed E-state index contributed by atoms with van der Waals surface area (Å²) < 4.78 is 11.2. The number of nitrogens with two attached hydrogens (primary N) is 1. The predicted molar refractivity (Wildman–Crippen MR) is 79.3 cm³/mol. The van der Waals surface area contributed by atoms with E-state index in [0.717, 1.165) is 29.2 Å². The molecule has 1 aromatic carbocycles. The van der Waals surface area contributed by atoms with Gasteiger partial charge in [-0.3, -0.25) is 0 Å². The Hall–Kier alpha value is -2.14. The second-order valence-electron chi connectivity index (χ2n) is 5.31. The third kappa shape index (κ3) is 3.31. The number of benzene rings is 1. The molecule has 0 bridgehead atoms. The lowest BCUT2D eigenvalue weighted by atomic mass is 10.0. The molecular weight excluding hydrogens is 266 g/mol. The van der Waals surface area contributed by atoms with Gasteiger partial charge in [-0.2, -0.15) is 0 Å². The average molecular weight is 285 g/mol. The number of hydrogen-bond donors (Lipinski definition) is 1. The van der Waals surface area contributed by atoms with Crippen molar-refractivity contribution in [1.82, 2.24) is 9.97 Å². The Morgan fingerprint density at radius 2 is 1.95 bits per heavy atom. The standard InChI is InChI=1S/C16H19N3O2/c1-20-14-5-4-12(6-15(14)21-9-11-2-3-11)16(17)13-7-18-10-19-8-13/h4-8,10-11,16H,2-3,9,17H2,1H3. The van der Waals surface area contributed by atoms with E-state index < -0.39 is 0 Å². The molecule has 1 atom stereocenters. The maximum Gasteiger partial charge on any atom is 0.161 e. The summed E-state index contributed by atoms with van der Waals surface area (Å²) in [4.78, 5) is 8.02. The number of methoxy groups -OCH3 is 1. The van der Waals surface area contributed by atoms with E-state index in [9.17, 15) is 0 Å². The van der Waals surface area contributed by atoms with E-state index in [1.807, 2.05) is 18.2 Å². The summed E-state index contributed by atoms with van der Waals surface area (Å²) in [5.74, 6) is 2.17. The molecule has 5 heteroatoms. The van der Waals surface area contributed by atoms with Gasteiger partial charge in [-0.25, -0.2) is 9.97 Å². The van der Waals surface area contributed by atoms with Crippen LogP contribution in [0.2, 0.25) is 0 Å². The summed E-state index contributed by atoms with van der Waals surface area (Å²) in [6.07, 6.45) is 7.46. The van der Waals surface area contributed by atoms with Crippen molar-refractivity contribution in [2.45, 2.75) is 18.9 Å². The molecule has 0 amide bonds. The molecule has 1 aliphatic rings. The Bertz CT molecular complexity index is 600. The lowest BCUT2D eigenvalue weighted by Crippen LogP contribution is -2.13. The molecule has 5 nitrogen and oxygen atoms in total. The second kappa shape index (κ2) is 6.10. The number of ether oxygens (including phenoxy) is 2. The fourth-order valence-corrected chi connectivity index (χ4v) is 2.16. The third-order valence-electron chi connectivity index (χ3n) is 3.66. The summed E-state index contributed by atoms with van der Waals surface area (Å²) in [5, 5.41) is 0. The van der Waals surface area contributed by atoms with Crippen LogP contribution in [0.1, 0.15) is 30.0 Å². The van der Waals surface area contributed by atoms with Crippen molar-refractivity contribution in [3.05, 3.63) is 48.0 Å². The SMILES string of the molecule is COc1ccc(C(N)c2cncnc2)cc1OCC1CC1. The quantitative estimate of drug-likeness (QED) is 0.882. The van der Waals surface area contributed by atoms with Crippen LogP contribution in [0.3, 0.4) is 0 Å². The number of rotatable bonds is 6. The zero-order valence-corrected chi connectivity index (χ0v) is 12.0. The Labute approximate surface area is 124 Å². The highest BCUT2D eigenvalue weighted by Crippen LogP contribution is 2.34. The predicted octanol–water partition coefficient (Wildman–Crippen LogP) is 2.32. The molecule has 21 heavy (non-hydrogen) atoms. The summed E-state index contributed by atoms with van der Waals surface area (Å²) in [6.45, 7) is 0.740. The molecular formula is C16H19N3O2. The third-order valence-corrected chi connectivity index (χ3v) is 3.66. The minimum absolute atomic E-state index is 0.277. The number of hydrogen-bond acceptors (Lipinski definition) is 5. The van der Waals surface area contributed by atoms with Gasteiger partial charge in [-0.15, -0.1) is 0 Å². The van der Waals surface area contributed by atoms with Gasteiger partial charge in [-0.1, -0.05) is 6.07 Å². The lowest BCUT2D eigenvalue weighted by Gasteiger charge is -2.16. The van der Waals surface area contributed by atoms with E-state index in [2.05, 4.69) is 9.97 Å². The fraction of sp³-hybridized carbons (Fsp3) is 0.375. The van der Waals surface area contributed by atoms with Gasteiger partial charge in [0.15, 0.2) is 11.5 Å². The normalized spacial score (nSPS) is 15.5. The molecule has 1 fully saturated rings.